The molecule has 88 valence electrons. The van der Waals surface area contributed by atoms with Crippen molar-refractivity contribution in [3.05, 3.63) is 21.9 Å². The molecule has 2 rings (SSSR count). The van der Waals surface area contributed by atoms with Gasteiger partial charge in [-0.3, -0.25) is 4.79 Å². The summed E-state index contributed by atoms with van der Waals surface area (Å²) in [5, 5.41) is 16.5. The molecule has 3 nitrogen and oxygen atoms in total. The Labute approximate surface area is 99.5 Å². The van der Waals surface area contributed by atoms with E-state index in [0.29, 0.717) is 0 Å². The average Bonchev–Trinajstić information content (AvgIpc) is 2.68. The van der Waals surface area contributed by atoms with E-state index in [4.69, 9.17) is 0 Å². The third-order valence-electron chi connectivity index (χ3n) is 3.15. The maximum atomic E-state index is 11.9. The van der Waals surface area contributed by atoms with Crippen LogP contribution in [0.1, 0.15) is 41.6 Å². The Morgan fingerprint density at radius 1 is 1.44 bits per heavy atom. The smallest absolute Gasteiger partial charge is 0.252 e. The van der Waals surface area contributed by atoms with E-state index in [9.17, 15) is 9.90 Å². The lowest BCUT2D eigenvalue weighted by atomic mass is 9.92. The molecule has 1 aliphatic rings. The molecule has 1 fully saturated rings. The number of aliphatic hydroxyl groups excluding tert-OH is 1. The van der Waals surface area contributed by atoms with Gasteiger partial charge in [-0.15, -0.1) is 0 Å². The molecule has 2 unspecified atom stereocenters. The quantitative estimate of drug-likeness (QED) is 0.830. The molecule has 0 radical (unpaired) electrons. The van der Waals surface area contributed by atoms with Gasteiger partial charge in [0.2, 0.25) is 0 Å². The van der Waals surface area contributed by atoms with Gasteiger partial charge in [-0.1, -0.05) is 12.8 Å². The van der Waals surface area contributed by atoms with Crippen LogP contribution in [0.2, 0.25) is 0 Å². The first-order valence-corrected chi connectivity index (χ1v) is 6.64. The number of hydrogen-bond donors (Lipinski definition) is 2. The predicted molar refractivity (Wildman–Crippen MR) is 64.8 cm³/mol. The molecule has 2 atom stereocenters. The third-order valence-corrected chi connectivity index (χ3v) is 4.01. The largest absolute Gasteiger partial charge is 0.391 e. The first-order valence-electron chi connectivity index (χ1n) is 5.70. The highest BCUT2D eigenvalue weighted by molar-refractivity contribution is 7.08. The molecule has 1 heterocycles. The lowest BCUT2D eigenvalue weighted by Gasteiger charge is -2.28. The molecule has 1 aromatic rings. The fourth-order valence-corrected chi connectivity index (χ4v) is 2.95. The fraction of sp³-hybridized carbons (Fsp3) is 0.583. The average molecular weight is 239 g/mol. The van der Waals surface area contributed by atoms with E-state index in [-0.39, 0.29) is 18.1 Å². The van der Waals surface area contributed by atoms with Crippen LogP contribution in [-0.4, -0.2) is 23.2 Å². The van der Waals surface area contributed by atoms with Crippen LogP contribution in [0.3, 0.4) is 0 Å². The van der Waals surface area contributed by atoms with Gasteiger partial charge in [-0.05, 0) is 30.7 Å². The molecule has 16 heavy (non-hydrogen) atoms. The second-order valence-corrected chi connectivity index (χ2v) is 5.14. The van der Waals surface area contributed by atoms with Crippen LogP contribution < -0.4 is 5.32 Å². The van der Waals surface area contributed by atoms with Crippen molar-refractivity contribution >= 4 is 17.2 Å². The minimum Gasteiger partial charge on any atom is -0.391 e. The summed E-state index contributed by atoms with van der Waals surface area (Å²) in [5.41, 5.74) is 1.75. The molecule has 1 aliphatic carbocycles. The SMILES string of the molecule is Cc1cscc1C(=O)NC1CCCCC1O. The fourth-order valence-electron chi connectivity index (χ4n) is 2.12. The lowest BCUT2D eigenvalue weighted by Crippen LogP contribution is -2.45. The topological polar surface area (TPSA) is 49.3 Å². The van der Waals surface area contributed by atoms with Crippen molar-refractivity contribution in [3.63, 3.8) is 0 Å². The molecule has 0 aliphatic heterocycles. The van der Waals surface area contributed by atoms with E-state index in [1.807, 2.05) is 17.7 Å². The Balaban J connectivity index is 1.99. The van der Waals surface area contributed by atoms with Crippen LogP contribution in [0.4, 0.5) is 0 Å². The highest BCUT2D eigenvalue weighted by atomic mass is 32.1. The summed E-state index contributed by atoms with van der Waals surface area (Å²) >= 11 is 1.53. The van der Waals surface area contributed by atoms with Crippen LogP contribution in [0.5, 0.6) is 0 Å². The van der Waals surface area contributed by atoms with Crippen LogP contribution in [0.15, 0.2) is 10.8 Å². The van der Waals surface area contributed by atoms with Crippen molar-refractivity contribution < 1.29 is 9.90 Å². The number of rotatable bonds is 2. The minimum absolute atomic E-state index is 0.0512. The Kier molecular flexibility index (Phi) is 3.61. The van der Waals surface area contributed by atoms with Crippen LogP contribution in [0, 0.1) is 6.92 Å². The number of carbonyl (C=O) groups is 1. The maximum Gasteiger partial charge on any atom is 0.252 e. The molecular formula is C12H17NO2S. The van der Waals surface area contributed by atoms with Crippen LogP contribution in [0.25, 0.3) is 0 Å². The summed E-state index contributed by atoms with van der Waals surface area (Å²) in [6, 6.07) is -0.0689. The number of aryl methyl sites for hydroxylation is 1. The normalized spacial score (nSPS) is 25.4. The van der Waals surface area contributed by atoms with E-state index in [1.54, 1.807) is 0 Å². The second kappa shape index (κ2) is 4.97. The van der Waals surface area contributed by atoms with Gasteiger partial charge in [0.1, 0.15) is 0 Å². The Morgan fingerprint density at radius 2 is 2.19 bits per heavy atom. The highest BCUT2D eigenvalue weighted by Gasteiger charge is 2.25. The van der Waals surface area contributed by atoms with Crippen LogP contribution >= 0.6 is 11.3 Å². The van der Waals surface area contributed by atoms with Gasteiger partial charge in [0.25, 0.3) is 5.91 Å². The summed E-state index contributed by atoms with van der Waals surface area (Å²) < 4.78 is 0. The molecule has 0 spiro atoms. The highest BCUT2D eigenvalue weighted by Crippen LogP contribution is 2.20. The summed E-state index contributed by atoms with van der Waals surface area (Å²) in [6.45, 7) is 1.93. The molecular weight excluding hydrogens is 222 g/mol. The van der Waals surface area contributed by atoms with Gasteiger partial charge in [0, 0.05) is 5.38 Å². The van der Waals surface area contributed by atoms with Crippen molar-refractivity contribution in [3.8, 4) is 0 Å². The zero-order valence-corrected chi connectivity index (χ0v) is 10.2. The van der Waals surface area contributed by atoms with E-state index in [2.05, 4.69) is 5.32 Å². The molecule has 0 bridgehead atoms. The summed E-state index contributed by atoms with van der Waals surface area (Å²) in [6.07, 6.45) is 3.45. The number of aliphatic hydroxyl groups is 1. The maximum absolute atomic E-state index is 11.9. The lowest BCUT2D eigenvalue weighted by molar-refractivity contribution is 0.0717. The van der Waals surface area contributed by atoms with Crippen molar-refractivity contribution in [2.75, 3.05) is 0 Å². The van der Waals surface area contributed by atoms with E-state index in [1.165, 1.54) is 11.3 Å². The third kappa shape index (κ3) is 2.44. The van der Waals surface area contributed by atoms with Gasteiger partial charge in [-0.2, -0.15) is 11.3 Å². The molecule has 0 saturated heterocycles. The zero-order valence-electron chi connectivity index (χ0n) is 9.40. The van der Waals surface area contributed by atoms with Gasteiger partial charge in [0.15, 0.2) is 0 Å². The van der Waals surface area contributed by atoms with Crippen molar-refractivity contribution in [2.24, 2.45) is 0 Å². The standard InChI is InChI=1S/C12H17NO2S/c1-8-6-16-7-9(8)12(15)13-10-4-2-3-5-11(10)14/h6-7,10-11,14H,2-5H2,1H3,(H,13,15). The summed E-state index contributed by atoms with van der Waals surface area (Å²) in [7, 11) is 0. The molecule has 1 aromatic heterocycles. The van der Waals surface area contributed by atoms with Crippen molar-refractivity contribution in [2.45, 2.75) is 44.8 Å². The Morgan fingerprint density at radius 3 is 2.81 bits per heavy atom. The van der Waals surface area contributed by atoms with E-state index < -0.39 is 0 Å². The predicted octanol–water partition coefficient (Wildman–Crippen LogP) is 2.09. The second-order valence-electron chi connectivity index (χ2n) is 4.40. The van der Waals surface area contributed by atoms with Crippen LogP contribution in [-0.2, 0) is 0 Å². The van der Waals surface area contributed by atoms with Crippen molar-refractivity contribution in [1.82, 2.24) is 5.32 Å². The molecule has 4 heteroatoms. The van der Waals surface area contributed by atoms with Crippen molar-refractivity contribution in [1.29, 1.82) is 0 Å². The number of nitrogens with one attached hydrogen (secondary N) is 1. The number of carbonyl (C=O) groups excluding carboxylic acids is 1. The number of hydrogen-bond acceptors (Lipinski definition) is 3. The molecule has 2 N–H and O–H groups in total. The minimum atomic E-state index is -0.378. The van der Waals surface area contributed by atoms with Gasteiger partial charge >= 0.3 is 0 Å². The van der Waals surface area contributed by atoms with Gasteiger partial charge in [-0.25, -0.2) is 0 Å². The molecule has 1 amide bonds. The summed E-state index contributed by atoms with van der Waals surface area (Å²) in [4.78, 5) is 11.9. The van der Waals surface area contributed by atoms with E-state index in [0.717, 1.165) is 36.8 Å². The Hall–Kier alpha value is -0.870. The molecule has 1 saturated carbocycles. The van der Waals surface area contributed by atoms with Gasteiger partial charge in [0.05, 0.1) is 17.7 Å². The number of amides is 1. The monoisotopic (exact) mass is 239 g/mol. The summed E-state index contributed by atoms with van der Waals surface area (Å²) in [5.74, 6) is -0.0512. The Bertz CT molecular complexity index is 375. The van der Waals surface area contributed by atoms with Gasteiger partial charge < -0.3 is 10.4 Å². The van der Waals surface area contributed by atoms with E-state index >= 15 is 0 Å². The number of thiophene rings is 1. The first kappa shape index (κ1) is 11.6. The molecule has 0 aromatic carbocycles. The first-order chi connectivity index (χ1) is 7.68. The zero-order chi connectivity index (χ0) is 11.5.